The zero-order chi connectivity index (χ0) is 13.0. The van der Waals surface area contributed by atoms with Gasteiger partial charge in [-0.2, -0.15) is 4.99 Å². The third-order valence-corrected chi connectivity index (χ3v) is 2.30. The van der Waals surface area contributed by atoms with Crippen molar-refractivity contribution >= 4 is 17.7 Å². The van der Waals surface area contributed by atoms with E-state index < -0.39 is 5.97 Å². The molecule has 0 fully saturated rings. The van der Waals surface area contributed by atoms with Crippen LogP contribution in [0.2, 0.25) is 0 Å². The van der Waals surface area contributed by atoms with Crippen LogP contribution in [0.25, 0.3) is 11.3 Å². The van der Waals surface area contributed by atoms with Crippen LogP contribution in [0.3, 0.4) is 0 Å². The van der Waals surface area contributed by atoms with Gasteiger partial charge in [0.1, 0.15) is 5.76 Å². The molecule has 18 heavy (non-hydrogen) atoms. The van der Waals surface area contributed by atoms with Crippen molar-refractivity contribution in [1.82, 2.24) is 0 Å². The maximum Gasteiger partial charge on any atom is 0.373 e. The van der Waals surface area contributed by atoms with Gasteiger partial charge in [-0.1, -0.05) is 12.1 Å². The molecule has 0 bridgehead atoms. The van der Waals surface area contributed by atoms with E-state index >= 15 is 0 Å². The Morgan fingerprint density at radius 1 is 1.33 bits per heavy atom. The van der Waals surface area contributed by atoms with Gasteiger partial charge in [-0.15, -0.1) is 0 Å². The number of carbonyl (C=O) groups is 1. The van der Waals surface area contributed by atoms with Crippen LogP contribution in [-0.2, 0) is 9.53 Å². The van der Waals surface area contributed by atoms with Crippen LogP contribution in [0.1, 0.15) is 10.6 Å². The Kier molecular flexibility index (Phi) is 3.36. The van der Waals surface area contributed by atoms with Crippen molar-refractivity contribution in [3.63, 3.8) is 0 Å². The minimum absolute atomic E-state index is 0.122. The molecule has 0 N–H and O–H groups in total. The summed E-state index contributed by atoms with van der Waals surface area (Å²) in [6.45, 7) is 0. The molecule has 0 atom stereocenters. The highest BCUT2D eigenvalue weighted by molar-refractivity contribution is 5.87. The highest BCUT2D eigenvalue weighted by Gasteiger charge is 2.12. The van der Waals surface area contributed by atoms with E-state index in [1.165, 1.54) is 19.3 Å². The third kappa shape index (κ3) is 2.36. The van der Waals surface area contributed by atoms with Crippen molar-refractivity contribution in [2.45, 2.75) is 0 Å². The first-order valence-corrected chi connectivity index (χ1v) is 5.11. The maximum absolute atomic E-state index is 11.2. The molecule has 0 radical (unpaired) electrons. The zero-order valence-electron chi connectivity index (χ0n) is 9.54. The normalized spacial score (nSPS) is 9.61. The fraction of sp³-hybridized carbons (Fsp3) is 0.0769. The number of methoxy groups -OCH3 is 1. The van der Waals surface area contributed by atoms with Gasteiger partial charge in [-0.25, -0.2) is 9.59 Å². The van der Waals surface area contributed by atoms with Crippen LogP contribution in [-0.4, -0.2) is 19.2 Å². The second-order valence-electron chi connectivity index (χ2n) is 3.41. The Balaban J connectivity index is 2.36. The summed E-state index contributed by atoms with van der Waals surface area (Å²) >= 11 is 0. The van der Waals surface area contributed by atoms with E-state index in [2.05, 4.69) is 9.73 Å². The summed E-state index contributed by atoms with van der Waals surface area (Å²) in [5.74, 6) is 0.0819. The predicted molar refractivity (Wildman–Crippen MR) is 63.3 cm³/mol. The van der Waals surface area contributed by atoms with Gasteiger partial charge in [0.2, 0.25) is 11.8 Å². The Labute approximate surface area is 103 Å². The van der Waals surface area contributed by atoms with Gasteiger partial charge in [-0.3, -0.25) is 0 Å². The largest absolute Gasteiger partial charge is 0.463 e. The monoisotopic (exact) mass is 243 g/mol. The van der Waals surface area contributed by atoms with Crippen LogP contribution in [0, 0.1) is 0 Å². The summed E-state index contributed by atoms with van der Waals surface area (Å²) in [5.41, 5.74) is 1.18. The Morgan fingerprint density at radius 2 is 2.17 bits per heavy atom. The summed E-state index contributed by atoms with van der Waals surface area (Å²) in [7, 11) is 1.28. The molecule has 2 rings (SSSR count). The quantitative estimate of drug-likeness (QED) is 0.472. The number of nitrogens with zero attached hydrogens (tertiary/aromatic N) is 1. The number of hydrogen-bond donors (Lipinski definition) is 0. The number of rotatable bonds is 3. The van der Waals surface area contributed by atoms with Gasteiger partial charge in [0, 0.05) is 5.56 Å². The molecule has 0 saturated heterocycles. The van der Waals surface area contributed by atoms with Gasteiger partial charge in [-0.05, 0) is 24.3 Å². The lowest BCUT2D eigenvalue weighted by atomic mass is 10.1. The second-order valence-corrected chi connectivity index (χ2v) is 3.41. The first-order chi connectivity index (χ1) is 8.74. The van der Waals surface area contributed by atoms with Crippen molar-refractivity contribution in [2.24, 2.45) is 4.99 Å². The number of isocyanates is 1. The fourth-order valence-electron chi connectivity index (χ4n) is 1.48. The molecule has 90 valence electrons. The molecule has 0 unspecified atom stereocenters. The molecule has 0 spiro atoms. The Hall–Kier alpha value is -2.65. The lowest BCUT2D eigenvalue weighted by molar-refractivity contribution is 0.0566. The van der Waals surface area contributed by atoms with Gasteiger partial charge >= 0.3 is 5.97 Å². The van der Waals surface area contributed by atoms with Crippen LogP contribution >= 0.6 is 0 Å². The molecule has 0 aliphatic heterocycles. The first kappa shape index (κ1) is 11.8. The van der Waals surface area contributed by atoms with E-state index in [0.717, 1.165) is 0 Å². The molecule has 0 aliphatic rings. The second kappa shape index (κ2) is 5.12. The van der Waals surface area contributed by atoms with Crippen molar-refractivity contribution in [2.75, 3.05) is 7.11 Å². The molecule has 2 aromatic rings. The van der Waals surface area contributed by atoms with E-state index in [0.29, 0.717) is 17.0 Å². The summed E-state index contributed by atoms with van der Waals surface area (Å²) in [5, 5.41) is 0. The summed E-state index contributed by atoms with van der Waals surface area (Å²) in [6, 6.07) is 10.0. The number of esters is 1. The van der Waals surface area contributed by atoms with Gasteiger partial charge in [0.25, 0.3) is 0 Å². The SMILES string of the molecule is COC(=O)c1ccc(-c2cccc(N=C=O)c2)o1. The minimum Gasteiger partial charge on any atom is -0.463 e. The summed E-state index contributed by atoms with van der Waals surface area (Å²) in [6.07, 6.45) is 1.47. The number of ether oxygens (including phenoxy) is 1. The number of aliphatic imine (C=N–C) groups is 1. The number of benzene rings is 1. The molecular weight excluding hydrogens is 234 g/mol. The van der Waals surface area contributed by atoms with E-state index in [9.17, 15) is 9.59 Å². The number of furan rings is 1. The summed E-state index contributed by atoms with van der Waals surface area (Å²) in [4.78, 5) is 24.9. The highest BCUT2D eigenvalue weighted by atomic mass is 16.5. The standard InChI is InChI=1S/C13H9NO4/c1-17-13(16)12-6-5-11(18-12)9-3-2-4-10(7-9)14-8-15/h2-7H,1H3. The van der Waals surface area contributed by atoms with Crippen LogP contribution < -0.4 is 0 Å². The lowest BCUT2D eigenvalue weighted by Gasteiger charge is -1.98. The van der Waals surface area contributed by atoms with E-state index in [1.54, 1.807) is 30.3 Å². The van der Waals surface area contributed by atoms with Crippen molar-refractivity contribution in [1.29, 1.82) is 0 Å². The predicted octanol–water partition coefficient (Wildman–Crippen LogP) is 2.70. The van der Waals surface area contributed by atoms with Crippen molar-refractivity contribution < 1.29 is 18.7 Å². The molecule has 5 nitrogen and oxygen atoms in total. The van der Waals surface area contributed by atoms with E-state index in [-0.39, 0.29) is 5.76 Å². The molecular formula is C13H9NO4. The third-order valence-electron chi connectivity index (χ3n) is 2.30. The molecule has 1 aromatic carbocycles. The van der Waals surface area contributed by atoms with Gasteiger partial charge in [0.15, 0.2) is 0 Å². The minimum atomic E-state index is -0.539. The lowest BCUT2D eigenvalue weighted by Crippen LogP contribution is -1.98. The Bertz CT molecular complexity index is 623. The molecule has 1 heterocycles. The van der Waals surface area contributed by atoms with Crippen molar-refractivity contribution in [3.8, 4) is 11.3 Å². The number of hydrogen-bond acceptors (Lipinski definition) is 5. The van der Waals surface area contributed by atoms with Gasteiger partial charge in [0.05, 0.1) is 12.8 Å². The van der Waals surface area contributed by atoms with E-state index in [1.807, 2.05) is 0 Å². The smallest absolute Gasteiger partial charge is 0.373 e. The molecule has 0 saturated carbocycles. The number of carbonyl (C=O) groups excluding carboxylic acids is 2. The van der Waals surface area contributed by atoms with Crippen LogP contribution in [0.15, 0.2) is 45.8 Å². The Morgan fingerprint density at radius 3 is 2.89 bits per heavy atom. The zero-order valence-corrected chi connectivity index (χ0v) is 9.54. The highest BCUT2D eigenvalue weighted by Crippen LogP contribution is 2.25. The van der Waals surface area contributed by atoms with Crippen LogP contribution in [0.5, 0.6) is 0 Å². The maximum atomic E-state index is 11.2. The molecule has 0 amide bonds. The van der Waals surface area contributed by atoms with E-state index in [4.69, 9.17) is 4.42 Å². The molecule has 0 aliphatic carbocycles. The first-order valence-electron chi connectivity index (χ1n) is 5.11. The average Bonchev–Trinajstić information content (AvgIpc) is 2.88. The molecule has 1 aromatic heterocycles. The summed E-state index contributed by atoms with van der Waals surface area (Å²) < 4.78 is 9.89. The molecule has 5 heteroatoms. The average molecular weight is 243 g/mol. The fourth-order valence-corrected chi connectivity index (χ4v) is 1.48. The van der Waals surface area contributed by atoms with Crippen LogP contribution in [0.4, 0.5) is 5.69 Å². The van der Waals surface area contributed by atoms with Gasteiger partial charge < -0.3 is 9.15 Å². The topological polar surface area (TPSA) is 68.9 Å². The van der Waals surface area contributed by atoms with Crippen molar-refractivity contribution in [3.05, 3.63) is 42.2 Å².